The lowest BCUT2D eigenvalue weighted by atomic mass is 10.1. The lowest BCUT2D eigenvalue weighted by Crippen LogP contribution is -2.33. The molecule has 0 heterocycles. The Morgan fingerprint density at radius 2 is 2.38 bits per heavy atom. The molecule has 1 aromatic rings. The molecule has 0 amide bonds. The third kappa shape index (κ3) is 2.35. The summed E-state index contributed by atoms with van der Waals surface area (Å²) in [5.74, 6) is 0.549. The molecule has 0 bridgehead atoms. The summed E-state index contributed by atoms with van der Waals surface area (Å²) in [6.45, 7) is 0. The fourth-order valence-electron chi connectivity index (χ4n) is 1.72. The molecule has 0 radical (unpaired) electrons. The van der Waals surface area contributed by atoms with Crippen LogP contribution in [0.15, 0.2) is 27.7 Å². The minimum atomic E-state index is -0.222. The van der Waals surface area contributed by atoms with E-state index >= 15 is 0 Å². The van der Waals surface area contributed by atoms with Gasteiger partial charge in [-0.2, -0.15) is 0 Å². The van der Waals surface area contributed by atoms with Crippen LogP contribution in [0.25, 0.3) is 0 Å². The van der Waals surface area contributed by atoms with E-state index in [9.17, 15) is 4.39 Å². The Bertz CT molecular complexity index is 433. The molecule has 2 rings (SSSR count). The van der Waals surface area contributed by atoms with E-state index in [0.29, 0.717) is 16.4 Å². The van der Waals surface area contributed by atoms with Gasteiger partial charge in [0.15, 0.2) is 5.96 Å². The van der Waals surface area contributed by atoms with E-state index < -0.39 is 0 Å². The van der Waals surface area contributed by atoms with Crippen molar-refractivity contribution in [3.63, 3.8) is 0 Å². The van der Waals surface area contributed by atoms with Crippen molar-refractivity contribution in [2.24, 2.45) is 10.7 Å². The maximum absolute atomic E-state index is 13.3. The number of hydrogen-bond acceptors (Lipinski definition) is 1. The van der Waals surface area contributed by atoms with Crippen LogP contribution < -0.4 is 11.1 Å². The number of nitrogens with one attached hydrogen (secondary N) is 1. The van der Waals surface area contributed by atoms with Gasteiger partial charge < -0.3 is 11.1 Å². The van der Waals surface area contributed by atoms with Crippen LogP contribution in [0.5, 0.6) is 0 Å². The molecule has 1 aliphatic carbocycles. The van der Waals surface area contributed by atoms with E-state index in [1.807, 2.05) is 6.07 Å². The van der Waals surface area contributed by atoms with Crippen LogP contribution >= 0.6 is 15.9 Å². The number of benzene rings is 1. The number of halogens is 2. The number of hydrogen-bond donors (Lipinski definition) is 2. The van der Waals surface area contributed by atoms with Crippen molar-refractivity contribution in [3.05, 3.63) is 34.1 Å². The smallest absolute Gasteiger partial charge is 0.188 e. The average molecular weight is 286 g/mol. The second-order valence-electron chi connectivity index (χ2n) is 3.88. The summed E-state index contributed by atoms with van der Waals surface area (Å²) in [6.07, 6.45) is 0.970. The molecule has 86 valence electrons. The van der Waals surface area contributed by atoms with Crippen molar-refractivity contribution in [2.45, 2.75) is 18.4 Å². The molecule has 1 saturated carbocycles. The first kappa shape index (κ1) is 11.4. The Labute approximate surface area is 102 Å². The Kier molecular flexibility index (Phi) is 3.14. The zero-order chi connectivity index (χ0) is 11.7. The maximum Gasteiger partial charge on any atom is 0.188 e. The molecule has 0 unspecified atom stereocenters. The molecule has 16 heavy (non-hydrogen) atoms. The second-order valence-corrected chi connectivity index (χ2v) is 4.73. The molecule has 0 aromatic heterocycles. The minimum absolute atomic E-state index is 0.222. The standard InChI is InChI=1S/C11H13BrFN3/c1-15-11(14)16-10-5-7(10)6-2-3-8(12)9(13)4-6/h2-4,7,10H,5H2,1H3,(H3,14,15,16)/t7-,10+/m0/s1. The van der Waals surface area contributed by atoms with Crippen molar-refractivity contribution < 1.29 is 4.39 Å². The number of guanidine groups is 1. The van der Waals surface area contributed by atoms with E-state index in [4.69, 9.17) is 5.73 Å². The van der Waals surface area contributed by atoms with Gasteiger partial charge >= 0.3 is 0 Å². The highest BCUT2D eigenvalue weighted by atomic mass is 79.9. The van der Waals surface area contributed by atoms with Crippen LogP contribution in [0.4, 0.5) is 4.39 Å². The predicted octanol–water partition coefficient (Wildman–Crippen LogP) is 1.98. The largest absolute Gasteiger partial charge is 0.370 e. The average Bonchev–Trinajstić information content (AvgIpc) is 3.01. The van der Waals surface area contributed by atoms with Gasteiger partial charge in [0.05, 0.1) is 4.47 Å². The molecule has 2 atom stereocenters. The van der Waals surface area contributed by atoms with Gasteiger partial charge in [-0.05, 0) is 40.0 Å². The predicted molar refractivity (Wildman–Crippen MR) is 65.9 cm³/mol. The van der Waals surface area contributed by atoms with Crippen LogP contribution in [0.3, 0.4) is 0 Å². The zero-order valence-electron chi connectivity index (χ0n) is 8.87. The van der Waals surface area contributed by atoms with Gasteiger partial charge in [0.2, 0.25) is 0 Å². The minimum Gasteiger partial charge on any atom is -0.370 e. The van der Waals surface area contributed by atoms with Crippen LogP contribution in [-0.2, 0) is 0 Å². The molecule has 1 aromatic carbocycles. The molecule has 3 N–H and O–H groups in total. The first-order valence-corrected chi connectivity index (χ1v) is 5.85. The summed E-state index contributed by atoms with van der Waals surface area (Å²) in [6, 6.07) is 5.51. The Morgan fingerprint density at radius 1 is 1.62 bits per heavy atom. The zero-order valence-corrected chi connectivity index (χ0v) is 10.5. The molecular formula is C11H13BrFN3. The van der Waals surface area contributed by atoms with Crippen molar-refractivity contribution in [1.29, 1.82) is 0 Å². The Balaban J connectivity index is 2.03. The summed E-state index contributed by atoms with van der Waals surface area (Å²) in [5.41, 5.74) is 6.57. The lowest BCUT2D eigenvalue weighted by Gasteiger charge is -2.04. The van der Waals surface area contributed by atoms with Crippen molar-refractivity contribution in [2.75, 3.05) is 7.05 Å². The van der Waals surface area contributed by atoms with Gasteiger partial charge in [0, 0.05) is 19.0 Å². The normalized spacial score (nSPS) is 24.3. The molecule has 0 aliphatic heterocycles. The topological polar surface area (TPSA) is 50.4 Å². The third-order valence-electron chi connectivity index (χ3n) is 2.74. The third-order valence-corrected chi connectivity index (χ3v) is 3.38. The summed E-state index contributed by atoms with van der Waals surface area (Å²) in [4.78, 5) is 3.83. The molecular weight excluding hydrogens is 273 g/mol. The maximum atomic E-state index is 13.3. The quantitative estimate of drug-likeness (QED) is 0.645. The highest BCUT2D eigenvalue weighted by Crippen LogP contribution is 2.41. The van der Waals surface area contributed by atoms with Gasteiger partial charge in [-0.25, -0.2) is 4.39 Å². The summed E-state index contributed by atoms with van der Waals surface area (Å²) >= 11 is 3.14. The van der Waals surface area contributed by atoms with Crippen LogP contribution in [-0.4, -0.2) is 19.0 Å². The van der Waals surface area contributed by atoms with E-state index in [-0.39, 0.29) is 11.9 Å². The van der Waals surface area contributed by atoms with E-state index in [2.05, 4.69) is 26.2 Å². The van der Waals surface area contributed by atoms with Crippen molar-refractivity contribution in [1.82, 2.24) is 5.32 Å². The number of aliphatic imine (C=N–C) groups is 1. The molecule has 5 heteroatoms. The summed E-state index contributed by atoms with van der Waals surface area (Å²) in [5, 5.41) is 3.08. The van der Waals surface area contributed by atoms with Crippen LogP contribution in [0, 0.1) is 5.82 Å². The van der Waals surface area contributed by atoms with Gasteiger partial charge in [-0.1, -0.05) is 6.07 Å². The molecule has 3 nitrogen and oxygen atoms in total. The molecule has 0 saturated heterocycles. The van der Waals surface area contributed by atoms with E-state index in [1.165, 1.54) is 0 Å². The summed E-state index contributed by atoms with van der Waals surface area (Å²) in [7, 11) is 1.64. The number of nitrogens with zero attached hydrogens (tertiary/aromatic N) is 1. The molecule has 1 aliphatic rings. The highest BCUT2D eigenvalue weighted by Gasteiger charge is 2.38. The highest BCUT2D eigenvalue weighted by molar-refractivity contribution is 9.10. The SMILES string of the molecule is CN=C(N)N[C@@H]1C[C@H]1c1ccc(Br)c(F)c1. The molecule has 1 fully saturated rings. The Hall–Kier alpha value is -1.10. The van der Waals surface area contributed by atoms with Gasteiger partial charge in [-0.3, -0.25) is 4.99 Å². The second kappa shape index (κ2) is 4.41. The van der Waals surface area contributed by atoms with E-state index in [0.717, 1.165) is 12.0 Å². The number of nitrogens with two attached hydrogens (primary N) is 1. The fourth-order valence-corrected chi connectivity index (χ4v) is 1.97. The summed E-state index contributed by atoms with van der Waals surface area (Å²) < 4.78 is 13.8. The van der Waals surface area contributed by atoms with Crippen molar-refractivity contribution in [3.8, 4) is 0 Å². The first-order chi connectivity index (χ1) is 7.61. The Morgan fingerprint density at radius 3 is 3.00 bits per heavy atom. The van der Waals surface area contributed by atoms with Gasteiger partial charge in [0.1, 0.15) is 5.82 Å². The monoisotopic (exact) mass is 285 g/mol. The number of rotatable bonds is 2. The van der Waals surface area contributed by atoms with Crippen molar-refractivity contribution >= 4 is 21.9 Å². The van der Waals surface area contributed by atoms with Crippen LogP contribution in [0.2, 0.25) is 0 Å². The first-order valence-electron chi connectivity index (χ1n) is 5.05. The van der Waals surface area contributed by atoms with E-state index in [1.54, 1.807) is 19.2 Å². The fraction of sp³-hybridized carbons (Fsp3) is 0.364. The molecule has 0 spiro atoms. The lowest BCUT2D eigenvalue weighted by molar-refractivity contribution is 0.618. The van der Waals surface area contributed by atoms with Gasteiger partial charge in [-0.15, -0.1) is 0 Å². The van der Waals surface area contributed by atoms with Crippen LogP contribution in [0.1, 0.15) is 17.9 Å². The van der Waals surface area contributed by atoms with Gasteiger partial charge in [0.25, 0.3) is 0 Å².